The Bertz CT molecular complexity index is 722. The van der Waals surface area contributed by atoms with Crippen molar-refractivity contribution in [2.75, 3.05) is 31.1 Å². The molecule has 124 valence electrons. The molecule has 2 saturated heterocycles. The normalized spacial score (nSPS) is 23.2. The molecule has 2 aromatic heterocycles. The van der Waals surface area contributed by atoms with Crippen molar-refractivity contribution in [3.05, 3.63) is 47.9 Å². The first-order valence-electron chi connectivity index (χ1n) is 8.11. The van der Waals surface area contributed by atoms with Crippen molar-refractivity contribution in [1.82, 2.24) is 20.1 Å². The van der Waals surface area contributed by atoms with Gasteiger partial charge in [0.15, 0.2) is 5.82 Å². The van der Waals surface area contributed by atoms with Crippen molar-refractivity contribution in [2.45, 2.75) is 19.1 Å². The number of carbonyl (C=O) groups is 1. The van der Waals surface area contributed by atoms with Crippen LogP contribution in [0.2, 0.25) is 0 Å². The van der Waals surface area contributed by atoms with Gasteiger partial charge in [0.1, 0.15) is 5.69 Å². The highest BCUT2D eigenvalue weighted by molar-refractivity contribution is 5.92. The molecule has 0 spiro atoms. The maximum Gasteiger partial charge on any atom is 0.272 e. The average molecular weight is 325 g/mol. The Hall–Kier alpha value is -2.54. The highest BCUT2D eigenvalue weighted by atomic mass is 16.5. The molecule has 2 fully saturated rings. The van der Waals surface area contributed by atoms with Gasteiger partial charge < -0.3 is 14.5 Å². The minimum atomic E-state index is -0.0523. The third-order valence-corrected chi connectivity index (χ3v) is 4.55. The molecule has 0 aliphatic carbocycles. The Kier molecular flexibility index (Phi) is 3.86. The number of anilines is 1. The number of hydrogen-bond donors (Lipinski definition) is 0. The molecule has 2 aliphatic rings. The monoisotopic (exact) mass is 325 g/mol. The Morgan fingerprint density at radius 3 is 2.88 bits per heavy atom. The van der Waals surface area contributed by atoms with Crippen LogP contribution < -0.4 is 4.90 Å². The summed E-state index contributed by atoms with van der Waals surface area (Å²) in [5.41, 5.74) is 1.36. The fraction of sp³-hybridized carbons (Fsp3) is 0.412. The van der Waals surface area contributed by atoms with Gasteiger partial charge in [-0.25, -0.2) is 0 Å². The minimum absolute atomic E-state index is 0.00508. The summed E-state index contributed by atoms with van der Waals surface area (Å²) in [4.78, 5) is 20.8. The first-order valence-corrected chi connectivity index (χ1v) is 8.11. The summed E-state index contributed by atoms with van der Waals surface area (Å²) in [6.45, 7) is 4.49. The number of carbonyl (C=O) groups excluding carboxylic acids is 1. The van der Waals surface area contributed by atoms with Crippen LogP contribution in [-0.2, 0) is 4.74 Å². The molecule has 7 heteroatoms. The van der Waals surface area contributed by atoms with E-state index in [9.17, 15) is 4.79 Å². The Morgan fingerprint density at radius 2 is 2.12 bits per heavy atom. The molecule has 4 heterocycles. The molecule has 24 heavy (non-hydrogen) atoms. The van der Waals surface area contributed by atoms with E-state index in [0.717, 1.165) is 18.1 Å². The van der Waals surface area contributed by atoms with Gasteiger partial charge >= 0.3 is 0 Å². The number of aromatic nitrogens is 3. The Balaban J connectivity index is 1.54. The molecule has 0 aromatic carbocycles. The van der Waals surface area contributed by atoms with Gasteiger partial charge in [0.2, 0.25) is 0 Å². The second-order valence-corrected chi connectivity index (χ2v) is 6.13. The highest BCUT2D eigenvalue weighted by Crippen LogP contribution is 2.27. The molecule has 0 saturated carbocycles. The van der Waals surface area contributed by atoms with Crippen LogP contribution in [0.25, 0.3) is 0 Å². The number of pyridine rings is 1. The van der Waals surface area contributed by atoms with E-state index in [0.29, 0.717) is 25.4 Å². The van der Waals surface area contributed by atoms with Gasteiger partial charge in [0.05, 0.1) is 24.4 Å². The van der Waals surface area contributed by atoms with Crippen LogP contribution >= 0.6 is 0 Å². The number of amides is 1. The second kappa shape index (κ2) is 6.16. The molecule has 0 N–H and O–H groups in total. The van der Waals surface area contributed by atoms with Gasteiger partial charge in [-0.2, -0.15) is 5.10 Å². The quantitative estimate of drug-likeness (QED) is 0.817. The maximum absolute atomic E-state index is 12.6. The molecule has 1 amide bonds. The van der Waals surface area contributed by atoms with E-state index in [1.807, 2.05) is 30.0 Å². The van der Waals surface area contributed by atoms with E-state index in [-0.39, 0.29) is 18.1 Å². The Labute approximate surface area is 140 Å². The van der Waals surface area contributed by atoms with Gasteiger partial charge in [0.25, 0.3) is 5.91 Å². The topological polar surface area (TPSA) is 71.5 Å². The van der Waals surface area contributed by atoms with E-state index in [1.165, 1.54) is 0 Å². The summed E-state index contributed by atoms with van der Waals surface area (Å²) >= 11 is 0. The fourth-order valence-electron chi connectivity index (χ4n) is 3.33. The van der Waals surface area contributed by atoms with Gasteiger partial charge in [-0.3, -0.25) is 9.78 Å². The molecule has 2 aliphatic heterocycles. The third kappa shape index (κ3) is 2.71. The van der Waals surface area contributed by atoms with Crippen LogP contribution in [0.15, 0.2) is 36.5 Å². The molecule has 7 nitrogen and oxygen atoms in total. The summed E-state index contributed by atoms with van der Waals surface area (Å²) in [6, 6.07) is 9.42. The van der Waals surface area contributed by atoms with Crippen LogP contribution in [-0.4, -0.2) is 64.4 Å². The lowest BCUT2D eigenvalue weighted by Gasteiger charge is -2.37. The van der Waals surface area contributed by atoms with Gasteiger partial charge in [-0.05, 0) is 31.2 Å². The summed E-state index contributed by atoms with van der Waals surface area (Å²) < 4.78 is 5.89. The molecule has 0 unspecified atom stereocenters. The fourth-order valence-corrected chi connectivity index (χ4v) is 3.33. The molecule has 2 atom stereocenters. The van der Waals surface area contributed by atoms with Crippen molar-refractivity contribution >= 4 is 11.7 Å². The van der Waals surface area contributed by atoms with Crippen LogP contribution in [0.4, 0.5) is 5.82 Å². The van der Waals surface area contributed by atoms with Crippen LogP contribution in [0, 0.1) is 6.92 Å². The summed E-state index contributed by atoms with van der Waals surface area (Å²) in [5.74, 6) is 0.787. The first kappa shape index (κ1) is 15.0. The third-order valence-electron chi connectivity index (χ3n) is 4.55. The van der Waals surface area contributed by atoms with Gasteiger partial charge in [0, 0.05) is 25.8 Å². The predicted octanol–water partition coefficient (Wildman–Crippen LogP) is 0.910. The standard InChI is InChI=1S/C17H19N5O2/c1-12-5-6-16(20-19-12)22-8-9-24-15-11-21(10-14(15)22)17(23)13-4-2-3-7-18-13/h2-7,14-15H,8-11H2,1H3/t14-,15+/m0/s1. The van der Waals surface area contributed by atoms with E-state index < -0.39 is 0 Å². The average Bonchev–Trinajstić information content (AvgIpc) is 3.07. The minimum Gasteiger partial charge on any atom is -0.372 e. The number of aryl methyl sites for hydroxylation is 1. The zero-order chi connectivity index (χ0) is 16.5. The lowest BCUT2D eigenvalue weighted by Crippen LogP contribution is -2.51. The van der Waals surface area contributed by atoms with E-state index in [2.05, 4.69) is 20.1 Å². The van der Waals surface area contributed by atoms with E-state index >= 15 is 0 Å². The summed E-state index contributed by atoms with van der Waals surface area (Å²) in [6.07, 6.45) is 1.63. The zero-order valence-electron chi connectivity index (χ0n) is 13.5. The lowest BCUT2D eigenvalue weighted by molar-refractivity contribution is 0.0298. The van der Waals surface area contributed by atoms with Crippen molar-refractivity contribution in [3.63, 3.8) is 0 Å². The van der Waals surface area contributed by atoms with E-state index in [4.69, 9.17) is 4.74 Å². The summed E-state index contributed by atoms with van der Waals surface area (Å²) in [5, 5.41) is 8.44. The maximum atomic E-state index is 12.6. The zero-order valence-corrected chi connectivity index (χ0v) is 13.5. The molecule has 0 radical (unpaired) electrons. The number of nitrogens with zero attached hydrogens (tertiary/aromatic N) is 5. The van der Waals surface area contributed by atoms with Crippen LogP contribution in [0.5, 0.6) is 0 Å². The van der Waals surface area contributed by atoms with Gasteiger partial charge in [-0.1, -0.05) is 6.07 Å². The SMILES string of the molecule is Cc1ccc(N2CCO[C@@H]3CN(C(=O)c4ccccn4)C[C@@H]32)nn1. The van der Waals surface area contributed by atoms with Crippen LogP contribution in [0.1, 0.15) is 16.2 Å². The molecule has 0 bridgehead atoms. The number of fused-ring (bicyclic) bond motifs is 1. The van der Waals surface area contributed by atoms with Crippen molar-refractivity contribution in [2.24, 2.45) is 0 Å². The van der Waals surface area contributed by atoms with Crippen molar-refractivity contribution in [1.29, 1.82) is 0 Å². The summed E-state index contributed by atoms with van der Waals surface area (Å²) in [7, 11) is 0. The highest BCUT2D eigenvalue weighted by Gasteiger charge is 2.42. The largest absolute Gasteiger partial charge is 0.372 e. The van der Waals surface area contributed by atoms with Crippen molar-refractivity contribution in [3.8, 4) is 0 Å². The smallest absolute Gasteiger partial charge is 0.272 e. The first-order chi connectivity index (χ1) is 11.7. The number of likely N-dealkylation sites (tertiary alicyclic amines) is 1. The number of hydrogen-bond acceptors (Lipinski definition) is 6. The van der Waals surface area contributed by atoms with E-state index in [1.54, 1.807) is 18.3 Å². The molecular formula is C17H19N5O2. The number of morpholine rings is 1. The molecule has 4 rings (SSSR count). The van der Waals surface area contributed by atoms with Crippen LogP contribution in [0.3, 0.4) is 0 Å². The molecular weight excluding hydrogens is 306 g/mol. The second-order valence-electron chi connectivity index (χ2n) is 6.13. The number of ether oxygens (including phenoxy) is 1. The lowest BCUT2D eigenvalue weighted by atomic mass is 10.1. The van der Waals surface area contributed by atoms with Crippen molar-refractivity contribution < 1.29 is 9.53 Å². The molecule has 2 aromatic rings. The predicted molar refractivity (Wildman–Crippen MR) is 87.8 cm³/mol. The number of rotatable bonds is 2. The Morgan fingerprint density at radius 1 is 1.21 bits per heavy atom. The van der Waals surface area contributed by atoms with Gasteiger partial charge in [-0.15, -0.1) is 5.10 Å².